The summed E-state index contributed by atoms with van der Waals surface area (Å²) in [6.45, 7) is 3.09. The number of anilines is 1. The zero-order valence-electron chi connectivity index (χ0n) is 11.4. The summed E-state index contributed by atoms with van der Waals surface area (Å²) in [5.41, 5.74) is 1.30. The number of piperidine rings is 1. The molecule has 5 rings (SSSR count). The highest BCUT2D eigenvalue weighted by molar-refractivity contribution is 5.68. The van der Waals surface area contributed by atoms with Gasteiger partial charge in [-0.15, -0.1) is 0 Å². The topological polar surface area (TPSA) is 42.7 Å². The third-order valence-electron chi connectivity index (χ3n) is 5.41. The Hall–Kier alpha value is -1.62. The van der Waals surface area contributed by atoms with E-state index in [9.17, 15) is 0 Å². The van der Waals surface area contributed by atoms with E-state index in [1.54, 1.807) is 6.33 Å². The monoisotopic (exact) mass is 270 g/mol. The first-order chi connectivity index (χ1) is 9.86. The van der Waals surface area contributed by atoms with Crippen LogP contribution in [-0.4, -0.2) is 39.9 Å². The first-order valence-corrected chi connectivity index (χ1v) is 7.53. The molecule has 5 heteroatoms. The fourth-order valence-electron chi connectivity index (χ4n) is 4.16. The standard InChI is InChI=1S/C15H18N4O/c1-2-13-14(16-10-17-19(13)5-1)18-6-3-15(4-7-18)12-8-11(12)9-20-15/h1-2,5,10-12H,3-4,6-9H2. The molecule has 3 aliphatic rings. The van der Waals surface area contributed by atoms with Crippen molar-refractivity contribution in [2.24, 2.45) is 11.8 Å². The lowest BCUT2D eigenvalue weighted by atomic mass is 9.86. The van der Waals surface area contributed by atoms with Crippen molar-refractivity contribution in [2.45, 2.75) is 24.9 Å². The third-order valence-corrected chi connectivity index (χ3v) is 5.41. The van der Waals surface area contributed by atoms with Crippen LogP contribution in [0.25, 0.3) is 5.52 Å². The highest BCUT2D eigenvalue weighted by atomic mass is 16.5. The van der Waals surface area contributed by atoms with Gasteiger partial charge in [0.2, 0.25) is 0 Å². The minimum atomic E-state index is 0.201. The highest BCUT2D eigenvalue weighted by Gasteiger charge is 2.59. The van der Waals surface area contributed by atoms with Gasteiger partial charge in [-0.2, -0.15) is 5.10 Å². The van der Waals surface area contributed by atoms with E-state index in [0.29, 0.717) is 0 Å². The Morgan fingerprint density at radius 2 is 2.20 bits per heavy atom. The molecule has 2 atom stereocenters. The quantitative estimate of drug-likeness (QED) is 0.791. The molecule has 0 radical (unpaired) electrons. The maximum atomic E-state index is 6.14. The van der Waals surface area contributed by atoms with Crippen LogP contribution in [0.4, 0.5) is 5.82 Å². The van der Waals surface area contributed by atoms with Crippen LogP contribution in [0, 0.1) is 11.8 Å². The zero-order valence-corrected chi connectivity index (χ0v) is 11.4. The second-order valence-electron chi connectivity index (χ2n) is 6.39. The Kier molecular flexibility index (Phi) is 2.06. The SMILES string of the molecule is c1cc2c(N3CCC4(CC3)OCC3CC34)ncnn2c1. The smallest absolute Gasteiger partial charge is 0.156 e. The Bertz CT molecular complexity index is 659. The lowest BCUT2D eigenvalue weighted by Gasteiger charge is -2.40. The summed E-state index contributed by atoms with van der Waals surface area (Å²) in [5.74, 6) is 2.78. The van der Waals surface area contributed by atoms with Gasteiger partial charge in [0.05, 0.1) is 12.2 Å². The van der Waals surface area contributed by atoms with Crippen LogP contribution in [0.15, 0.2) is 24.7 Å². The molecule has 0 bridgehead atoms. The molecular weight excluding hydrogens is 252 g/mol. The first kappa shape index (κ1) is 11.1. The summed E-state index contributed by atoms with van der Waals surface area (Å²) in [6, 6.07) is 4.11. The largest absolute Gasteiger partial charge is 0.374 e. The van der Waals surface area contributed by atoms with E-state index < -0.39 is 0 Å². The Labute approximate surface area is 117 Å². The van der Waals surface area contributed by atoms with Crippen LogP contribution in [-0.2, 0) is 4.74 Å². The molecule has 2 aliphatic heterocycles. The van der Waals surface area contributed by atoms with Gasteiger partial charge < -0.3 is 9.64 Å². The number of hydrogen-bond acceptors (Lipinski definition) is 4. The van der Waals surface area contributed by atoms with E-state index in [1.807, 2.05) is 16.8 Å². The molecule has 0 amide bonds. The van der Waals surface area contributed by atoms with E-state index in [4.69, 9.17) is 4.74 Å². The molecule has 0 aromatic carbocycles. The van der Waals surface area contributed by atoms with Gasteiger partial charge in [0.25, 0.3) is 0 Å². The summed E-state index contributed by atoms with van der Waals surface area (Å²) in [6.07, 6.45) is 7.31. The second kappa shape index (κ2) is 3.73. The van der Waals surface area contributed by atoms with Crippen molar-refractivity contribution < 1.29 is 4.74 Å². The van der Waals surface area contributed by atoms with E-state index in [-0.39, 0.29) is 5.60 Å². The van der Waals surface area contributed by atoms with Crippen molar-refractivity contribution in [1.29, 1.82) is 0 Å². The lowest BCUT2D eigenvalue weighted by Crippen LogP contribution is -2.46. The van der Waals surface area contributed by atoms with Crippen molar-refractivity contribution >= 4 is 11.3 Å². The zero-order chi connectivity index (χ0) is 13.2. The van der Waals surface area contributed by atoms with E-state index in [0.717, 1.165) is 55.7 Å². The van der Waals surface area contributed by atoms with Crippen LogP contribution in [0.1, 0.15) is 19.3 Å². The summed E-state index contributed by atoms with van der Waals surface area (Å²) < 4.78 is 8.03. The molecule has 4 heterocycles. The van der Waals surface area contributed by atoms with Gasteiger partial charge in [0.1, 0.15) is 11.8 Å². The number of aromatic nitrogens is 3. The lowest BCUT2D eigenvalue weighted by molar-refractivity contribution is -0.0420. The molecule has 3 fully saturated rings. The van der Waals surface area contributed by atoms with E-state index in [1.165, 1.54) is 6.42 Å². The minimum Gasteiger partial charge on any atom is -0.374 e. The number of rotatable bonds is 1. The summed E-state index contributed by atoms with van der Waals surface area (Å²) >= 11 is 0. The molecular formula is C15H18N4O. The van der Waals surface area contributed by atoms with Gasteiger partial charge in [-0.1, -0.05) is 0 Å². The average molecular weight is 270 g/mol. The van der Waals surface area contributed by atoms with Crippen molar-refractivity contribution in [1.82, 2.24) is 14.6 Å². The maximum Gasteiger partial charge on any atom is 0.156 e. The Balaban J connectivity index is 1.42. The van der Waals surface area contributed by atoms with Crippen LogP contribution in [0.3, 0.4) is 0 Å². The molecule has 5 nitrogen and oxygen atoms in total. The molecule has 1 saturated carbocycles. The van der Waals surface area contributed by atoms with Crippen molar-refractivity contribution in [2.75, 3.05) is 24.6 Å². The summed E-state index contributed by atoms with van der Waals surface area (Å²) in [5, 5.41) is 4.24. The fourth-order valence-corrected chi connectivity index (χ4v) is 4.16. The van der Waals surface area contributed by atoms with Gasteiger partial charge in [0, 0.05) is 19.3 Å². The summed E-state index contributed by atoms with van der Waals surface area (Å²) in [4.78, 5) is 6.89. The molecule has 1 aliphatic carbocycles. The molecule has 20 heavy (non-hydrogen) atoms. The molecule has 104 valence electrons. The van der Waals surface area contributed by atoms with Crippen LogP contribution < -0.4 is 4.90 Å². The van der Waals surface area contributed by atoms with Crippen molar-refractivity contribution in [3.63, 3.8) is 0 Å². The minimum absolute atomic E-state index is 0.201. The van der Waals surface area contributed by atoms with E-state index >= 15 is 0 Å². The molecule has 2 saturated heterocycles. The predicted molar refractivity (Wildman–Crippen MR) is 74.7 cm³/mol. The highest BCUT2D eigenvalue weighted by Crippen LogP contribution is 2.57. The van der Waals surface area contributed by atoms with Gasteiger partial charge in [-0.25, -0.2) is 9.50 Å². The molecule has 1 spiro atoms. The normalized spacial score (nSPS) is 30.9. The van der Waals surface area contributed by atoms with Gasteiger partial charge >= 0.3 is 0 Å². The van der Waals surface area contributed by atoms with Crippen LogP contribution in [0.5, 0.6) is 0 Å². The number of fused-ring (bicyclic) bond motifs is 3. The van der Waals surface area contributed by atoms with E-state index in [2.05, 4.69) is 21.0 Å². The molecule has 2 aromatic rings. The predicted octanol–water partition coefficient (Wildman–Crippen LogP) is 1.73. The van der Waals surface area contributed by atoms with Crippen LogP contribution >= 0.6 is 0 Å². The molecule has 2 unspecified atom stereocenters. The van der Waals surface area contributed by atoms with Crippen LogP contribution in [0.2, 0.25) is 0 Å². The van der Waals surface area contributed by atoms with Crippen molar-refractivity contribution in [3.05, 3.63) is 24.7 Å². The average Bonchev–Trinajstić information content (AvgIpc) is 2.99. The Morgan fingerprint density at radius 1 is 1.30 bits per heavy atom. The number of hydrogen-bond donors (Lipinski definition) is 0. The molecule has 0 N–H and O–H groups in total. The number of ether oxygens (including phenoxy) is 1. The fraction of sp³-hybridized carbons (Fsp3) is 0.600. The van der Waals surface area contributed by atoms with Gasteiger partial charge in [0.15, 0.2) is 5.82 Å². The number of nitrogens with zero attached hydrogens (tertiary/aromatic N) is 4. The van der Waals surface area contributed by atoms with Gasteiger partial charge in [-0.3, -0.25) is 0 Å². The van der Waals surface area contributed by atoms with Crippen molar-refractivity contribution in [3.8, 4) is 0 Å². The second-order valence-corrected chi connectivity index (χ2v) is 6.39. The maximum absolute atomic E-state index is 6.14. The Morgan fingerprint density at radius 3 is 2.95 bits per heavy atom. The van der Waals surface area contributed by atoms with Gasteiger partial charge in [-0.05, 0) is 43.2 Å². The first-order valence-electron chi connectivity index (χ1n) is 7.53. The molecule has 2 aromatic heterocycles. The summed E-state index contributed by atoms with van der Waals surface area (Å²) in [7, 11) is 0. The third kappa shape index (κ3) is 1.41.